The lowest BCUT2D eigenvalue weighted by Gasteiger charge is -2.35. The number of carbonyl (C=O) groups excluding carboxylic acids is 1. The minimum atomic E-state index is 0.287. The Kier molecular flexibility index (Phi) is 9.75. The van der Waals surface area contributed by atoms with Gasteiger partial charge in [-0.05, 0) is 31.6 Å². The zero-order valence-corrected chi connectivity index (χ0v) is 18.8. The van der Waals surface area contributed by atoms with Gasteiger partial charge in [-0.2, -0.15) is 0 Å². The van der Waals surface area contributed by atoms with Crippen LogP contribution in [0.1, 0.15) is 66.2 Å². The monoisotopic (exact) mass is 378 g/mol. The molecule has 0 fully saturated rings. The third-order valence-electron chi connectivity index (χ3n) is 5.44. The maximum absolute atomic E-state index is 11.6. The van der Waals surface area contributed by atoms with E-state index in [0.29, 0.717) is 5.92 Å². The Balaban J connectivity index is 3.29. The molecule has 1 rings (SSSR count). The van der Waals surface area contributed by atoms with Crippen LogP contribution in [0, 0.1) is 5.92 Å². The molecule has 1 atom stereocenters. The Hall–Kier alpha value is -1.65. The number of carbonyl (C=O) groups is 1. The fraction of sp³-hybridized carbons (Fsp3) is 0.773. The van der Waals surface area contributed by atoms with Gasteiger partial charge in [-0.1, -0.05) is 47.1 Å². The van der Waals surface area contributed by atoms with Crippen molar-refractivity contribution in [2.45, 2.75) is 72.4 Å². The van der Waals surface area contributed by atoms with Gasteiger partial charge in [-0.25, -0.2) is 0 Å². The SMILES string of the molecule is C=C(C1=C(N(C)C=O)N(C)C(CCCCC)N1CCC(C)C)N(C)CCC. The Morgan fingerprint density at radius 1 is 1.22 bits per heavy atom. The predicted molar refractivity (Wildman–Crippen MR) is 115 cm³/mol. The van der Waals surface area contributed by atoms with Crippen LogP contribution in [0.3, 0.4) is 0 Å². The summed E-state index contributed by atoms with van der Waals surface area (Å²) < 4.78 is 0. The number of amides is 1. The van der Waals surface area contributed by atoms with E-state index in [4.69, 9.17) is 0 Å². The maximum Gasteiger partial charge on any atom is 0.215 e. The fourth-order valence-electron chi connectivity index (χ4n) is 3.79. The van der Waals surface area contributed by atoms with Crippen LogP contribution in [0.2, 0.25) is 0 Å². The first-order valence-corrected chi connectivity index (χ1v) is 10.6. The van der Waals surface area contributed by atoms with Crippen LogP contribution in [-0.2, 0) is 4.79 Å². The number of unbranched alkanes of at least 4 members (excludes halogenated alkanes) is 2. The summed E-state index contributed by atoms with van der Waals surface area (Å²) in [7, 11) is 6.07. The minimum absolute atomic E-state index is 0.287. The molecular weight excluding hydrogens is 336 g/mol. The summed E-state index contributed by atoms with van der Waals surface area (Å²) in [4.78, 5) is 20.4. The van der Waals surface area contributed by atoms with E-state index in [1.165, 1.54) is 19.3 Å². The first kappa shape index (κ1) is 23.4. The van der Waals surface area contributed by atoms with E-state index in [2.05, 4.69) is 63.1 Å². The van der Waals surface area contributed by atoms with Crippen molar-refractivity contribution in [2.75, 3.05) is 34.2 Å². The molecule has 1 unspecified atom stereocenters. The van der Waals surface area contributed by atoms with Crippen LogP contribution in [0.15, 0.2) is 23.8 Å². The van der Waals surface area contributed by atoms with E-state index in [9.17, 15) is 4.79 Å². The maximum atomic E-state index is 11.6. The Bertz CT molecular complexity index is 514. The summed E-state index contributed by atoms with van der Waals surface area (Å²) in [5, 5.41) is 0. The summed E-state index contributed by atoms with van der Waals surface area (Å²) in [5.41, 5.74) is 2.12. The summed E-state index contributed by atoms with van der Waals surface area (Å²) in [6.45, 7) is 15.3. The van der Waals surface area contributed by atoms with Gasteiger partial charge in [-0.15, -0.1) is 0 Å². The first-order valence-electron chi connectivity index (χ1n) is 10.6. The van der Waals surface area contributed by atoms with E-state index in [0.717, 1.165) is 56.0 Å². The molecule has 0 aromatic heterocycles. The molecule has 1 amide bonds. The van der Waals surface area contributed by atoms with Crippen LogP contribution >= 0.6 is 0 Å². The van der Waals surface area contributed by atoms with Crippen molar-refractivity contribution < 1.29 is 4.79 Å². The van der Waals surface area contributed by atoms with Crippen molar-refractivity contribution in [2.24, 2.45) is 5.92 Å². The van der Waals surface area contributed by atoms with Crippen LogP contribution in [0.5, 0.6) is 0 Å². The number of likely N-dealkylation sites (N-methyl/N-ethyl adjacent to an activating group) is 1. The van der Waals surface area contributed by atoms with Gasteiger partial charge >= 0.3 is 0 Å². The van der Waals surface area contributed by atoms with Crippen molar-refractivity contribution in [3.8, 4) is 0 Å². The molecule has 0 N–H and O–H groups in total. The van der Waals surface area contributed by atoms with Gasteiger partial charge in [0, 0.05) is 34.2 Å². The van der Waals surface area contributed by atoms with Gasteiger partial charge in [0.15, 0.2) is 0 Å². The van der Waals surface area contributed by atoms with Crippen molar-refractivity contribution in [1.29, 1.82) is 0 Å². The molecule has 1 aliphatic rings. The second-order valence-corrected chi connectivity index (χ2v) is 8.22. The van der Waals surface area contributed by atoms with Crippen molar-refractivity contribution in [3.05, 3.63) is 23.8 Å². The molecule has 0 aromatic carbocycles. The van der Waals surface area contributed by atoms with Gasteiger partial charge in [0.2, 0.25) is 6.41 Å². The van der Waals surface area contributed by atoms with Gasteiger partial charge in [0.05, 0.1) is 5.70 Å². The molecular formula is C22H42N4O. The highest BCUT2D eigenvalue weighted by Crippen LogP contribution is 2.36. The lowest BCUT2D eigenvalue weighted by molar-refractivity contribution is -0.116. The molecule has 1 heterocycles. The third-order valence-corrected chi connectivity index (χ3v) is 5.44. The van der Waals surface area contributed by atoms with Crippen LogP contribution in [-0.4, -0.2) is 66.4 Å². The van der Waals surface area contributed by atoms with Crippen LogP contribution in [0.25, 0.3) is 0 Å². The Morgan fingerprint density at radius 2 is 1.89 bits per heavy atom. The van der Waals surface area contributed by atoms with Gasteiger partial charge in [-0.3, -0.25) is 4.79 Å². The highest BCUT2D eigenvalue weighted by atomic mass is 16.1. The van der Waals surface area contributed by atoms with E-state index in [1.54, 1.807) is 4.90 Å². The van der Waals surface area contributed by atoms with E-state index in [-0.39, 0.29) is 6.17 Å². The zero-order valence-electron chi connectivity index (χ0n) is 18.8. The Labute approximate surface area is 167 Å². The standard InChI is InChI=1S/C22H42N4O/c1-9-11-12-13-20-25(8)22(24(7)17-27)21(19(5)23(6)15-10-2)26(20)16-14-18(3)4/h17-18,20H,5,9-16H2,1-4,6-8H3. The molecule has 0 saturated carbocycles. The van der Waals surface area contributed by atoms with Gasteiger partial charge in [0.25, 0.3) is 0 Å². The fourth-order valence-corrected chi connectivity index (χ4v) is 3.79. The minimum Gasteiger partial charge on any atom is -0.373 e. The van der Waals surface area contributed by atoms with Crippen molar-refractivity contribution in [1.82, 2.24) is 19.6 Å². The molecule has 156 valence electrons. The van der Waals surface area contributed by atoms with E-state index in [1.807, 2.05) is 7.05 Å². The number of hydrogen-bond acceptors (Lipinski definition) is 4. The third kappa shape index (κ3) is 5.91. The van der Waals surface area contributed by atoms with E-state index < -0.39 is 0 Å². The average Bonchev–Trinajstić information content (AvgIpc) is 2.91. The second kappa shape index (κ2) is 11.3. The Morgan fingerprint density at radius 3 is 2.41 bits per heavy atom. The summed E-state index contributed by atoms with van der Waals surface area (Å²) >= 11 is 0. The average molecular weight is 379 g/mol. The van der Waals surface area contributed by atoms with Crippen molar-refractivity contribution in [3.63, 3.8) is 0 Å². The normalized spacial score (nSPS) is 17.1. The highest BCUT2D eigenvalue weighted by Gasteiger charge is 2.39. The quantitative estimate of drug-likeness (QED) is 0.353. The number of rotatable bonds is 13. The second-order valence-electron chi connectivity index (χ2n) is 8.22. The molecule has 27 heavy (non-hydrogen) atoms. The zero-order chi connectivity index (χ0) is 20.6. The highest BCUT2D eigenvalue weighted by molar-refractivity contribution is 5.53. The molecule has 0 radical (unpaired) electrons. The molecule has 0 bridgehead atoms. The molecule has 1 aliphatic heterocycles. The lowest BCUT2D eigenvalue weighted by Crippen LogP contribution is -2.41. The van der Waals surface area contributed by atoms with Crippen LogP contribution < -0.4 is 0 Å². The van der Waals surface area contributed by atoms with Crippen LogP contribution in [0.4, 0.5) is 0 Å². The molecule has 5 heteroatoms. The lowest BCUT2D eigenvalue weighted by atomic mass is 10.1. The molecule has 5 nitrogen and oxygen atoms in total. The number of nitrogens with zero attached hydrogens (tertiary/aromatic N) is 4. The number of hydrogen-bond donors (Lipinski definition) is 0. The molecule has 0 spiro atoms. The molecule has 0 aromatic rings. The molecule has 0 aliphatic carbocycles. The van der Waals surface area contributed by atoms with Gasteiger partial charge in [0.1, 0.15) is 17.7 Å². The first-order chi connectivity index (χ1) is 12.8. The van der Waals surface area contributed by atoms with E-state index >= 15 is 0 Å². The van der Waals surface area contributed by atoms with Crippen molar-refractivity contribution >= 4 is 6.41 Å². The topological polar surface area (TPSA) is 30.0 Å². The summed E-state index contributed by atoms with van der Waals surface area (Å²) in [6, 6.07) is 0. The summed E-state index contributed by atoms with van der Waals surface area (Å²) in [5.74, 6) is 1.62. The van der Waals surface area contributed by atoms with Gasteiger partial charge < -0.3 is 19.6 Å². The smallest absolute Gasteiger partial charge is 0.215 e. The molecule has 0 saturated heterocycles. The largest absolute Gasteiger partial charge is 0.373 e. The predicted octanol–water partition coefficient (Wildman–Crippen LogP) is 4.30. The summed E-state index contributed by atoms with van der Waals surface area (Å²) in [6.07, 6.45) is 8.17.